The van der Waals surface area contributed by atoms with Gasteiger partial charge in [0.15, 0.2) is 5.11 Å². The smallest absolute Gasteiger partial charge is 0.416 e. The van der Waals surface area contributed by atoms with Crippen LogP contribution in [0.4, 0.5) is 13.2 Å². The number of hydrogen-bond donors (Lipinski definition) is 1. The van der Waals surface area contributed by atoms with E-state index in [0.717, 1.165) is 17.7 Å². The van der Waals surface area contributed by atoms with Crippen LogP contribution in [0.1, 0.15) is 16.9 Å². The molecule has 2 heterocycles. The van der Waals surface area contributed by atoms with Gasteiger partial charge in [-0.3, -0.25) is 9.69 Å². The summed E-state index contributed by atoms with van der Waals surface area (Å²) in [6.07, 6.45) is -2.96. The number of amides is 1. The van der Waals surface area contributed by atoms with Gasteiger partial charge in [-0.15, -0.1) is 0 Å². The molecule has 2 aromatic carbocycles. The molecule has 1 fully saturated rings. The molecule has 1 N–H and O–H groups in total. The van der Waals surface area contributed by atoms with Crippen LogP contribution in [0.5, 0.6) is 0 Å². The van der Waals surface area contributed by atoms with E-state index in [0.29, 0.717) is 17.9 Å². The summed E-state index contributed by atoms with van der Waals surface area (Å²) < 4.78 is 44.4. The van der Waals surface area contributed by atoms with E-state index < -0.39 is 11.7 Å². The van der Waals surface area contributed by atoms with E-state index in [1.165, 1.54) is 23.1 Å². The number of hydrogen-bond acceptors (Lipinski definition) is 3. The van der Waals surface area contributed by atoms with Gasteiger partial charge in [-0.25, -0.2) is 0 Å². The summed E-state index contributed by atoms with van der Waals surface area (Å²) in [6.45, 7) is 0.330. The van der Waals surface area contributed by atoms with Crippen molar-refractivity contribution in [2.24, 2.45) is 0 Å². The van der Waals surface area contributed by atoms with E-state index >= 15 is 0 Å². The van der Waals surface area contributed by atoms with Crippen LogP contribution in [0, 0.1) is 0 Å². The lowest BCUT2D eigenvalue weighted by atomic mass is 10.1. The zero-order chi connectivity index (χ0) is 21.3. The highest BCUT2D eigenvalue weighted by Crippen LogP contribution is 2.33. The predicted molar refractivity (Wildman–Crippen MR) is 110 cm³/mol. The molecule has 1 aliphatic rings. The van der Waals surface area contributed by atoms with Crippen molar-refractivity contribution < 1.29 is 22.4 Å². The van der Waals surface area contributed by atoms with Crippen LogP contribution in [-0.4, -0.2) is 15.9 Å². The molecule has 3 aromatic rings. The van der Waals surface area contributed by atoms with Crippen LogP contribution < -0.4 is 5.32 Å². The Morgan fingerprint density at radius 1 is 1.03 bits per heavy atom. The second-order valence-corrected chi connectivity index (χ2v) is 7.03. The minimum Gasteiger partial charge on any atom is -0.457 e. The fraction of sp³-hybridized carbons (Fsp3) is 0.0909. The van der Waals surface area contributed by atoms with Gasteiger partial charge in [-0.2, -0.15) is 13.2 Å². The Morgan fingerprint density at radius 3 is 2.53 bits per heavy atom. The molecule has 1 amide bonds. The first-order valence-electron chi connectivity index (χ1n) is 8.97. The molecular weight excluding hydrogens is 413 g/mol. The first-order valence-corrected chi connectivity index (χ1v) is 9.38. The predicted octanol–water partition coefficient (Wildman–Crippen LogP) is 5.22. The van der Waals surface area contributed by atoms with Crippen molar-refractivity contribution in [3.05, 3.63) is 89.3 Å². The minimum absolute atomic E-state index is 0.237. The molecule has 152 valence electrons. The van der Waals surface area contributed by atoms with Crippen molar-refractivity contribution in [1.82, 2.24) is 10.2 Å². The number of halogens is 3. The third kappa shape index (κ3) is 4.13. The molecule has 0 atom stereocenters. The number of carbonyl (C=O) groups is 1. The Hall–Kier alpha value is -3.39. The molecule has 1 aliphatic heterocycles. The summed E-state index contributed by atoms with van der Waals surface area (Å²) in [5.41, 5.74) is 0.703. The molecule has 4 nitrogen and oxygen atoms in total. The summed E-state index contributed by atoms with van der Waals surface area (Å²) in [4.78, 5) is 14.1. The van der Waals surface area contributed by atoms with Gasteiger partial charge in [0.05, 0.1) is 12.1 Å². The maximum Gasteiger partial charge on any atom is 0.416 e. The quantitative estimate of drug-likeness (QED) is 0.457. The Balaban J connectivity index is 1.55. The van der Waals surface area contributed by atoms with E-state index in [2.05, 4.69) is 5.32 Å². The van der Waals surface area contributed by atoms with Gasteiger partial charge >= 0.3 is 6.18 Å². The van der Waals surface area contributed by atoms with Crippen molar-refractivity contribution in [1.29, 1.82) is 0 Å². The van der Waals surface area contributed by atoms with Gasteiger partial charge in [0.25, 0.3) is 5.91 Å². The first-order chi connectivity index (χ1) is 14.3. The second kappa shape index (κ2) is 7.79. The lowest BCUT2D eigenvalue weighted by molar-refractivity contribution is -0.137. The van der Waals surface area contributed by atoms with Crippen molar-refractivity contribution in [2.75, 3.05) is 0 Å². The summed E-state index contributed by atoms with van der Waals surface area (Å²) in [5.74, 6) is 0.283. The van der Waals surface area contributed by atoms with Crippen molar-refractivity contribution in [3.8, 4) is 11.3 Å². The maximum atomic E-state index is 12.9. The lowest BCUT2D eigenvalue weighted by Crippen LogP contribution is -2.29. The van der Waals surface area contributed by atoms with Crippen LogP contribution in [-0.2, 0) is 17.5 Å². The zero-order valence-electron chi connectivity index (χ0n) is 15.4. The Kier molecular flexibility index (Phi) is 5.17. The average Bonchev–Trinajstić information content (AvgIpc) is 3.29. The molecule has 0 aliphatic carbocycles. The van der Waals surface area contributed by atoms with Crippen molar-refractivity contribution in [3.63, 3.8) is 0 Å². The molecule has 0 spiro atoms. The summed E-state index contributed by atoms with van der Waals surface area (Å²) in [7, 11) is 0. The monoisotopic (exact) mass is 428 g/mol. The van der Waals surface area contributed by atoms with Crippen LogP contribution >= 0.6 is 12.2 Å². The molecule has 0 unspecified atom stereocenters. The summed E-state index contributed by atoms with van der Waals surface area (Å²) in [5, 5.41) is 3.14. The normalized spacial score (nSPS) is 15.7. The molecule has 30 heavy (non-hydrogen) atoms. The van der Waals surface area contributed by atoms with Crippen LogP contribution in [0.3, 0.4) is 0 Å². The van der Waals surface area contributed by atoms with Gasteiger partial charge < -0.3 is 9.73 Å². The van der Waals surface area contributed by atoms with Crippen LogP contribution in [0.15, 0.2) is 76.8 Å². The van der Waals surface area contributed by atoms with Gasteiger partial charge in [0.2, 0.25) is 0 Å². The number of nitrogens with one attached hydrogen (secondary N) is 1. The number of furan rings is 1. The molecule has 8 heteroatoms. The highest BCUT2D eigenvalue weighted by Gasteiger charge is 2.32. The van der Waals surface area contributed by atoms with Gasteiger partial charge in [-0.1, -0.05) is 42.5 Å². The molecular formula is C22H15F3N2O2S. The second-order valence-electron chi connectivity index (χ2n) is 6.65. The van der Waals surface area contributed by atoms with E-state index in [-0.39, 0.29) is 22.5 Å². The van der Waals surface area contributed by atoms with Crippen molar-refractivity contribution in [2.45, 2.75) is 12.7 Å². The lowest BCUT2D eigenvalue weighted by Gasteiger charge is -2.13. The minimum atomic E-state index is -4.44. The van der Waals surface area contributed by atoms with Gasteiger partial charge in [-0.05, 0) is 42.0 Å². The SMILES string of the molecule is O=C1/C(=C\c2ccc(-c3cccc(C(F)(F)F)c3)o2)NC(=S)N1Cc1ccccc1. The molecule has 1 aromatic heterocycles. The molecule has 0 saturated carbocycles. The Labute approximate surface area is 175 Å². The number of nitrogens with zero attached hydrogens (tertiary/aromatic N) is 1. The third-order valence-electron chi connectivity index (χ3n) is 4.53. The third-order valence-corrected chi connectivity index (χ3v) is 4.86. The first kappa shape index (κ1) is 19.9. The number of carbonyl (C=O) groups excluding carboxylic acids is 1. The molecule has 4 rings (SSSR count). The topological polar surface area (TPSA) is 45.5 Å². The summed E-state index contributed by atoms with van der Waals surface area (Å²) in [6, 6.07) is 17.4. The summed E-state index contributed by atoms with van der Waals surface area (Å²) >= 11 is 5.26. The van der Waals surface area contributed by atoms with Crippen molar-refractivity contribution >= 4 is 29.3 Å². The number of alkyl halides is 3. The van der Waals surface area contributed by atoms with E-state index in [1.54, 1.807) is 12.1 Å². The number of benzene rings is 2. The highest BCUT2D eigenvalue weighted by molar-refractivity contribution is 7.80. The van der Waals surface area contributed by atoms with E-state index in [9.17, 15) is 18.0 Å². The zero-order valence-corrected chi connectivity index (χ0v) is 16.3. The fourth-order valence-corrected chi connectivity index (χ4v) is 3.32. The average molecular weight is 428 g/mol. The fourth-order valence-electron chi connectivity index (χ4n) is 3.06. The van der Waals surface area contributed by atoms with Crippen LogP contribution in [0.2, 0.25) is 0 Å². The van der Waals surface area contributed by atoms with Gasteiger partial charge in [0, 0.05) is 11.6 Å². The largest absolute Gasteiger partial charge is 0.457 e. The van der Waals surface area contributed by atoms with Crippen LogP contribution in [0.25, 0.3) is 17.4 Å². The molecule has 0 radical (unpaired) electrons. The number of thiocarbonyl (C=S) groups is 1. The molecule has 1 saturated heterocycles. The Bertz CT molecular complexity index is 1140. The van der Waals surface area contributed by atoms with Gasteiger partial charge in [0.1, 0.15) is 17.2 Å². The number of rotatable bonds is 4. The maximum absolute atomic E-state index is 12.9. The highest BCUT2D eigenvalue weighted by atomic mass is 32.1. The van der Waals surface area contributed by atoms with E-state index in [4.69, 9.17) is 16.6 Å². The van der Waals surface area contributed by atoms with E-state index in [1.807, 2.05) is 30.3 Å². The molecule has 0 bridgehead atoms. The Morgan fingerprint density at radius 2 is 1.80 bits per heavy atom. The standard InChI is InChI=1S/C22H15F3N2O2S/c23-22(24,25)16-8-4-7-15(11-16)19-10-9-17(29-19)12-18-20(28)27(21(30)26-18)13-14-5-2-1-3-6-14/h1-12H,13H2,(H,26,30)/b18-12+.